The van der Waals surface area contributed by atoms with Crippen molar-refractivity contribution >= 4 is 29.3 Å². The van der Waals surface area contributed by atoms with Crippen molar-refractivity contribution in [2.45, 2.75) is 38.6 Å². The molecule has 0 aliphatic heterocycles. The van der Waals surface area contributed by atoms with Crippen LogP contribution in [0.1, 0.15) is 38.7 Å². The van der Waals surface area contributed by atoms with Gasteiger partial charge in [0.15, 0.2) is 0 Å². The summed E-state index contributed by atoms with van der Waals surface area (Å²) in [6, 6.07) is 3.56. The van der Waals surface area contributed by atoms with Gasteiger partial charge in [0.25, 0.3) is 0 Å². The number of benzene rings is 1. The highest BCUT2D eigenvalue weighted by molar-refractivity contribution is 6.42. The van der Waals surface area contributed by atoms with E-state index in [1.165, 1.54) is 0 Å². The molecule has 1 aromatic rings. The van der Waals surface area contributed by atoms with Crippen LogP contribution in [-0.4, -0.2) is 25.3 Å². The molecule has 122 valence electrons. The molecule has 2 rings (SSSR count). The van der Waals surface area contributed by atoms with Gasteiger partial charge in [-0.25, -0.2) is 4.79 Å². The lowest BCUT2D eigenvalue weighted by atomic mass is 10.1. The average Bonchev–Trinajstić information content (AvgIpc) is 3.16. The fourth-order valence-corrected chi connectivity index (χ4v) is 2.67. The third-order valence-electron chi connectivity index (χ3n) is 3.50. The fraction of sp³-hybridized carbons (Fsp3) is 0.562. The molecule has 1 fully saturated rings. The number of halogens is 2. The van der Waals surface area contributed by atoms with Crippen LogP contribution >= 0.6 is 23.2 Å². The number of amides is 1. The molecule has 1 saturated carbocycles. The van der Waals surface area contributed by atoms with Gasteiger partial charge < -0.3 is 14.8 Å². The van der Waals surface area contributed by atoms with Gasteiger partial charge in [-0.1, -0.05) is 23.2 Å². The number of carbonyl (C=O) groups excluding carboxylic acids is 1. The first-order valence-electron chi connectivity index (χ1n) is 7.19. The molecule has 4 nitrogen and oxygen atoms in total. The van der Waals surface area contributed by atoms with Gasteiger partial charge in [-0.2, -0.15) is 0 Å². The van der Waals surface area contributed by atoms with Crippen molar-refractivity contribution in [3.8, 4) is 5.75 Å². The summed E-state index contributed by atoms with van der Waals surface area (Å²) in [6.45, 7) is 6.12. The van der Waals surface area contributed by atoms with Crippen molar-refractivity contribution in [3.63, 3.8) is 0 Å². The molecule has 1 aliphatic rings. The topological polar surface area (TPSA) is 47.6 Å². The van der Waals surface area contributed by atoms with Gasteiger partial charge in [0.05, 0.1) is 23.8 Å². The van der Waals surface area contributed by atoms with Gasteiger partial charge in [0, 0.05) is 17.5 Å². The number of ether oxygens (including phenoxy) is 2. The predicted molar refractivity (Wildman–Crippen MR) is 88.1 cm³/mol. The summed E-state index contributed by atoms with van der Waals surface area (Å²) in [6.07, 6.45) is 0.552. The van der Waals surface area contributed by atoms with E-state index >= 15 is 0 Å². The van der Waals surface area contributed by atoms with Gasteiger partial charge in [-0.15, -0.1) is 0 Å². The van der Waals surface area contributed by atoms with Crippen LogP contribution in [-0.2, 0) is 4.74 Å². The van der Waals surface area contributed by atoms with Gasteiger partial charge in [0.1, 0.15) is 5.75 Å². The standard InChI is InChI=1S/C16H21Cl2NO3/c1-16(2,3)19-15(20)22-8-9-5-10(9)11-6-12(17)13(18)7-14(11)21-4/h6-7,9-10H,5,8H2,1-4H3,(H,19,20). The number of rotatable bonds is 4. The Morgan fingerprint density at radius 1 is 1.32 bits per heavy atom. The molecule has 1 aromatic carbocycles. The zero-order valence-electron chi connectivity index (χ0n) is 13.2. The van der Waals surface area contributed by atoms with Crippen molar-refractivity contribution in [2.75, 3.05) is 13.7 Å². The molecule has 0 radical (unpaired) electrons. The maximum atomic E-state index is 11.7. The minimum Gasteiger partial charge on any atom is -0.496 e. The second kappa shape index (κ2) is 6.55. The molecule has 1 N–H and O–H groups in total. The molecule has 0 heterocycles. The number of hydrogen-bond acceptors (Lipinski definition) is 3. The summed E-state index contributed by atoms with van der Waals surface area (Å²) in [5, 5.41) is 3.75. The quantitative estimate of drug-likeness (QED) is 0.865. The van der Waals surface area contributed by atoms with Crippen LogP contribution in [0.15, 0.2) is 12.1 Å². The van der Waals surface area contributed by atoms with E-state index in [2.05, 4.69) is 5.32 Å². The van der Waals surface area contributed by atoms with Crippen LogP contribution in [0.25, 0.3) is 0 Å². The van der Waals surface area contributed by atoms with Gasteiger partial charge in [-0.05, 0) is 44.7 Å². The Labute approximate surface area is 141 Å². The van der Waals surface area contributed by atoms with E-state index in [-0.39, 0.29) is 23.5 Å². The third-order valence-corrected chi connectivity index (χ3v) is 4.22. The minimum absolute atomic E-state index is 0.284. The molecule has 0 saturated heterocycles. The van der Waals surface area contributed by atoms with Crippen LogP contribution in [0.5, 0.6) is 5.75 Å². The lowest BCUT2D eigenvalue weighted by molar-refractivity contribution is 0.132. The van der Waals surface area contributed by atoms with E-state index in [1.54, 1.807) is 13.2 Å². The highest BCUT2D eigenvalue weighted by atomic mass is 35.5. The van der Waals surface area contributed by atoms with E-state index in [1.807, 2.05) is 26.8 Å². The maximum Gasteiger partial charge on any atom is 0.407 e. The second-order valence-corrected chi connectivity index (χ2v) is 7.40. The Kier molecular flexibility index (Phi) is 5.13. The number of alkyl carbamates (subject to hydrolysis) is 1. The van der Waals surface area contributed by atoms with E-state index in [0.29, 0.717) is 16.7 Å². The average molecular weight is 346 g/mol. The van der Waals surface area contributed by atoms with Gasteiger partial charge in [-0.3, -0.25) is 0 Å². The lowest BCUT2D eigenvalue weighted by Crippen LogP contribution is -2.41. The van der Waals surface area contributed by atoms with Crippen molar-refractivity contribution in [1.29, 1.82) is 0 Å². The highest BCUT2D eigenvalue weighted by Crippen LogP contribution is 2.51. The summed E-state index contributed by atoms with van der Waals surface area (Å²) < 4.78 is 10.6. The first kappa shape index (κ1) is 17.2. The predicted octanol–water partition coefficient (Wildman–Crippen LogP) is 4.63. The van der Waals surface area contributed by atoms with Crippen LogP contribution in [0.2, 0.25) is 10.0 Å². The van der Waals surface area contributed by atoms with Gasteiger partial charge in [0.2, 0.25) is 0 Å². The normalized spacial score (nSPS) is 20.5. The number of methoxy groups -OCH3 is 1. The fourth-order valence-electron chi connectivity index (χ4n) is 2.35. The Hall–Kier alpha value is -1.13. The highest BCUT2D eigenvalue weighted by Gasteiger charge is 2.41. The van der Waals surface area contributed by atoms with Crippen molar-refractivity contribution < 1.29 is 14.3 Å². The number of carbonyl (C=O) groups is 1. The molecular weight excluding hydrogens is 325 g/mol. The molecule has 2 unspecified atom stereocenters. The Balaban J connectivity index is 1.93. The monoisotopic (exact) mass is 345 g/mol. The summed E-state index contributed by atoms with van der Waals surface area (Å²) in [4.78, 5) is 11.7. The number of nitrogens with one attached hydrogen (secondary N) is 1. The summed E-state index contributed by atoms with van der Waals surface area (Å²) in [7, 11) is 1.60. The largest absolute Gasteiger partial charge is 0.496 e. The smallest absolute Gasteiger partial charge is 0.407 e. The molecule has 0 spiro atoms. The summed E-state index contributed by atoms with van der Waals surface area (Å²) >= 11 is 12.1. The lowest BCUT2D eigenvalue weighted by Gasteiger charge is -2.20. The number of hydrogen-bond donors (Lipinski definition) is 1. The Morgan fingerprint density at radius 2 is 1.95 bits per heavy atom. The first-order chi connectivity index (χ1) is 10.2. The molecule has 1 aliphatic carbocycles. The SMILES string of the molecule is COc1cc(Cl)c(Cl)cc1C1CC1COC(=O)NC(C)(C)C. The van der Waals surface area contributed by atoms with Crippen LogP contribution in [0.3, 0.4) is 0 Å². The minimum atomic E-state index is -0.390. The maximum absolute atomic E-state index is 11.7. The zero-order chi connectivity index (χ0) is 16.5. The summed E-state index contributed by atoms with van der Waals surface area (Å²) in [5.74, 6) is 1.30. The first-order valence-corrected chi connectivity index (χ1v) is 7.94. The molecular formula is C16H21Cl2NO3. The second-order valence-electron chi connectivity index (χ2n) is 6.58. The molecule has 0 aromatic heterocycles. The van der Waals surface area contributed by atoms with Gasteiger partial charge >= 0.3 is 6.09 Å². The van der Waals surface area contributed by atoms with E-state index in [0.717, 1.165) is 17.7 Å². The van der Waals surface area contributed by atoms with Crippen molar-refractivity contribution in [2.24, 2.45) is 5.92 Å². The summed E-state index contributed by atoms with van der Waals surface area (Å²) in [5.41, 5.74) is 0.717. The van der Waals surface area contributed by atoms with Crippen molar-refractivity contribution in [1.82, 2.24) is 5.32 Å². The molecule has 1 amide bonds. The molecule has 0 bridgehead atoms. The zero-order valence-corrected chi connectivity index (χ0v) is 14.7. The van der Waals surface area contributed by atoms with E-state index < -0.39 is 0 Å². The molecule has 6 heteroatoms. The van der Waals surface area contributed by atoms with Crippen LogP contribution in [0.4, 0.5) is 4.79 Å². The Morgan fingerprint density at radius 3 is 2.55 bits per heavy atom. The van der Waals surface area contributed by atoms with E-state index in [9.17, 15) is 4.79 Å². The van der Waals surface area contributed by atoms with E-state index in [4.69, 9.17) is 32.7 Å². The Bertz CT molecular complexity index is 569. The third kappa shape index (κ3) is 4.43. The van der Waals surface area contributed by atoms with Crippen LogP contribution < -0.4 is 10.1 Å². The molecule has 2 atom stereocenters. The molecule has 22 heavy (non-hydrogen) atoms. The van der Waals surface area contributed by atoms with Crippen LogP contribution in [0, 0.1) is 5.92 Å². The van der Waals surface area contributed by atoms with Crippen molar-refractivity contribution in [3.05, 3.63) is 27.7 Å².